The van der Waals surface area contributed by atoms with E-state index in [9.17, 15) is 0 Å². The molecule has 13 aromatic rings. The van der Waals surface area contributed by atoms with Gasteiger partial charge in [0.15, 0.2) is 11.2 Å². The van der Waals surface area contributed by atoms with Crippen molar-refractivity contribution in [2.75, 3.05) is 9.80 Å². The summed E-state index contributed by atoms with van der Waals surface area (Å²) in [4.78, 5) is 4.78. The van der Waals surface area contributed by atoms with Crippen molar-refractivity contribution in [3.05, 3.63) is 241 Å². The first kappa shape index (κ1) is 37.3. The largest absolute Gasteiger partial charge is 0.454 e. The smallest absolute Gasteiger partial charge is 0.159 e. The van der Waals surface area contributed by atoms with E-state index in [2.05, 4.69) is 234 Å². The second-order valence-corrected chi connectivity index (χ2v) is 17.2. The second kappa shape index (κ2) is 14.7. The van der Waals surface area contributed by atoms with Gasteiger partial charge in [-0.2, -0.15) is 0 Å². The van der Waals surface area contributed by atoms with Crippen LogP contribution in [0.4, 0.5) is 28.4 Å². The average molecular weight is 855 g/mol. The number of benzene rings is 11. The van der Waals surface area contributed by atoms with E-state index >= 15 is 0 Å². The minimum Gasteiger partial charge on any atom is -0.454 e. The van der Waals surface area contributed by atoms with Gasteiger partial charge in [0.2, 0.25) is 0 Å². The maximum atomic E-state index is 6.82. The van der Waals surface area contributed by atoms with Gasteiger partial charge < -0.3 is 13.7 Å². The molecule has 0 atom stereocenters. The van der Waals surface area contributed by atoms with Crippen molar-refractivity contribution in [1.29, 1.82) is 0 Å². The molecule has 312 valence electrons. The second-order valence-electron chi connectivity index (χ2n) is 17.2. The van der Waals surface area contributed by atoms with Gasteiger partial charge in [-0.1, -0.05) is 188 Å². The lowest BCUT2D eigenvalue weighted by molar-refractivity contribution is 0.669. The van der Waals surface area contributed by atoms with Crippen LogP contribution >= 0.6 is 0 Å². The zero-order valence-corrected chi connectivity index (χ0v) is 36.2. The summed E-state index contributed by atoms with van der Waals surface area (Å²) in [5.74, 6) is 0. The molecule has 2 heterocycles. The summed E-state index contributed by atoms with van der Waals surface area (Å²) in [6.45, 7) is 0. The molecule has 0 aliphatic heterocycles. The lowest BCUT2D eigenvalue weighted by Gasteiger charge is -2.30. The van der Waals surface area contributed by atoms with E-state index in [-0.39, 0.29) is 0 Å². The molecule has 0 saturated heterocycles. The SMILES string of the molecule is C1=C(N(c2ccccc2-c2ccccc2)c2cccc3c2oc2ccccc23)c2ccc3ccc(N(c4ccccc4-c4ccccc4)c4cccc5c4oc4ccccc45)c4ccc=1c2c34. The fourth-order valence-electron chi connectivity index (χ4n) is 10.6. The molecule has 0 amide bonds. The highest BCUT2D eigenvalue weighted by Gasteiger charge is 2.30. The van der Waals surface area contributed by atoms with Crippen LogP contribution in [-0.4, -0.2) is 0 Å². The summed E-state index contributed by atoms with van der Waals surface area (Å²) < 4.78 is 13.6. The zero-order chi connectivity index (χ0) is 44.0. The maximum absolute atomic E-state index is 6.82. The Hall–Kier alpha value is -9.08. The Morgan fingerprint density at radius 3 is 1.42 bits per heavy atom. The van der Waals surface area contributed by atoms with Crippen LogP contribution in [0.3, 0.4) is 0 Å². The number of hydrogen-bond donors (Lipinski definition) is 0. The van der Waals surface area contributed by atoms with E-state index in [1.807, 2.05) is 12.1 Å². The molecule has 0 N–H and O–H groups in total. The first-order chi connectivity index (χ1) is 33.3. The van der Waals surface area contributed by atoms with Gasteiger partial charge in [0, 0.05) is 59.6 Å². The molecule has 0 unspecified atom stereocenters. The van der Waals surface area contributed by atoms with Crippen molar-refractivity contribution >= 4 is 105 Å². The predicted molar refractivity (Wildman–Crippen MR) is 279 cm³/mol. The number of hydrogen-bond acceptors (Lipinski definition) is 4. The van der Waals surface area contributed by atoms with E-state index in [1.54, 1.807) is 0 Å². The number of rotatable bonds is 8. The van der Waals surface area contributed by atoms with Crippen LogP contribution in [0.2, 0.25) is 0 Å². The summed E-state index contributed by atoms with van der Waals surface area (Å²) in [5.41, 5.74) is 19.0. The van der Waals surface area contributed by atoms with Crippen LogP contribution < -0.4 is 15.0 Å². The first-order valence-electron chi connectivity index (χ1n) is 22.8. The molecule has 1 aliphatic rings. The lowest BCUT2D eigenvalue weighted by Crippen LogP contribution is -2.16. The molecule has 4 nitrogen and oxygen atoms in total. The fraction of sp³-hybridized carbons (Fsp3) is 0. The van der Waals surface area contributed by atoms with Crippen molar-refractivity contribution in [2.24, 2.45) is 0 Å². The summed E-state index contributed by atoms with van der Waals surface area (Å²) in [6, 6.07) is 82.0. The molecule has 0 radical (unpaired) electrons. The number of nitrogens with zero attached hydrogens (tertiary/aromatic N) is 2. The van der Waals surface area contributed by atoms with Gasteiger partial charge in [0.05, 0.1) is 34.1 Å². The van der Waals surface area contributed by atoms with Gasteiger partial charge in [0.25, 0.3) is 0 Å². The van der Waals surface area contributed by atoms with E-state index < -0.39 is 0 Å². The Balaban J connectivity index is 1.03. The molecule has 0 fully saturated rings. The Bertz CT molecular complexity index is 4220. The topological polar surface area (TPSA) is 32.8 Å². The number of furan rings is 2. The summed E-state index contributed by atoms with van der Waals surface area (Å²) in [6.07, 6.45) is 0. The molecule has 4 heteroatoms. The Labute approximate surface area is 385 Å². The van der Waals surface area contributed by atoms with Crippen LogP contribution in [0.5, 0.6) is 0 Å². The van der Waals surface area contributed by atoms with Crippen molar-refractivity contribution < 1.29 is 8.83 Å². The average Bonchev–Trinajstić information content (AvgIpc) is 4.10. The predicted octanol–water partition coefficient (Wildman–Crippen LogP) is 16.9. The van der Waals surface area contributed by atoms with Gasteiger partial charge in [-0.15, -0.1) is 0 Å². The molecule has 1 aliphatic carbocycles. The van der Waals surface area contributed by atoms with Crippen LogP contribution in [0, 0.1) is 0 Å². The van der Waals surface area contributed by atoms with Crippen molar-refractivity contribution in [1.82, 2.24) is 0 Å². The molecule has 2 aromatic heterocycles. The summed E-state index contributed by atoms with van der Waals surface area (Å²) in [7, 11) is 0. The number of fused-ring (bicyclic) bond motifs is 6. The van der Waals surface area contributed by atoms with Gasteiger partial charge in [0.1, 0.15) is 11.2 Å². The summed E-state index contributed by atoms with van der Waals surface area (Å²) in [5, 5.41) is 10.0. The fourth-order valence-corrected chi connectivity index (χ4v) is 10.6. The van der Waals surface area contributed by atoms with E-state index in [0.717, 1.165) is 122 Å². The van der Waals surface area contributed by atoms with Crippen LogP contribution in [0.1, 0.15) is 5.56 Å². The van der Waals surface area contributed by atoms with E-state index in [4.69, 9.17) is 8.83 Å². The number of para-hydroxylation sites is 6. The Morgan fingerprint density at radius 1 is 0.299 bits per heavy atom. The minimum atomic E-state index is 0.831. The quantitative estimate of drug-likeness (QED) is 0.152. The van der Waals surface area contributed by atoms with Gasteiger partial charge in [-0.3, -0.25) is 4.90 Å². The highest BCUT2D eigenvalue weighted by Crippen LogP contribution is 2.51. The highest BCUT2D eigenvalue weighted by atomic mass is 16.3. The summed E-state index contributed by atoms with van der Waals surface area (Å²) >= 11 is 0. The van der Waals surface area contributed by atoms with Gasteiger partial charge >= 0.3 is 0 Å². The molecule has 11 aromatic carbocycles. The third-order valence-corrected chi connectivity index (χ3v) is 13.6. The van der Waals surface area contributed by atoms with E-state index in [1.165, 1.54) is 10.8 Å². The third kappa shape index (κ3) is 5.68. The van der Waals surface area contributed by atoms with Crippen molar-refractivity contribution in [3.8, 4) is 22.3 Å². The Morgan fingerprint density at radius 2 is 0.791 bits per heavy atom. The third-order valence-electron chi connectivity index (χ3n) is 13.6. The molecular formula is C63H38N2O2. The van der Waals surface area contributed by atoms with E-state index in [0.29, 0.717) is 0 Å². The van der Waals surface area contributed by atoms with Crippen LogP contribution in [-0.2, 0) is 0 Å². The van der Waals surface area contributed by atoms with Crippen LogP contribution in [0.15, 0.2) is 239 Å². The monoisotopic (exact) mass is 854 g/mol. The highest BCUT2D eigenvalue weighted by molar-refractivity contribution is 6.23. The molecule has 0 bridgehead atoms. The van der Waals surface area contributed by atoms with Crippen LogP contribution in [0.25, 0.3) is 99.1 Å². The van der Waals surface area contributed by atoms with Crippen molar-refractivity contribution in [3.63, 3.8) is 0 Å². The molecule has 0 saturated carbocycles. The normalized spacial score (nSPS) is 12.1. The number of anilines is 5. The molecule has 14 rings (SSSR count). The molecular weight excluding hydrogens is 817 g/mol. The van der Waals surface area contributed by atoms with Crippen molar-refractivity contribution in [2.45, 2.75) is 0 Å². The standard InChI is InChI=1S/C63H38N2O2/c1-3-17-40(18-4-1)44-21-7-11-27-52(44)64(55-29-15-25-48-46-23-9-13-31-58(46)66-62(48)55)54-38-35-42-33-36-51-57(39-43-34-37-50(54)60(42)61(43)51)65(53-28-12-8-22-45(53)41-19-5-2-6-20-41)56-30-16-26-49-47-24-10-14-32-59(47)67-63(49)56/h1-38H. The van der Waals surface area contributed by atoms with Gasteiger partial charge in [-0.25, -0.2) is 0 Å². The minimum absolute atomic E-state index is 0.831. The zero-order valence-electron chi connectivity index (χ0n) is 36.2. The lowest BCUT2D eigenvalue weighted by atomic mass is 9.93. The molecule has 67 heavy (non-hydrogen) atoms. The maximum Gasteiger partial charge on any atom is 0.159 e. The Kier molecular flexibility index (Phi) is 8.20. The first-order valence-corrected chi connectivity index (χ1v) is 22.8. The van der Waals surface area contributed by atoms with Gasteiger partial charge in [-0.05, 0) is 65.0 Å². The molecule has 0 spiro atoms.